The molecule has 1 saturated heterocycles. The van der Waals surface area contributed by atoms with Crippen molar-refractivity contribution in [3.63, 3.8) is 0 Å². The van der Waals surface area contributed by atoms with E-state index in [-0.39, 0.29) is 17.8 Å². The van der Waals surface area contributed by atoms with Crippen LogP contribution in [0.1, 0.15) is 46.8 Å². The third-order valence-electron chi connectivity index (χ3n) is 5.70. The quantitative estimate of drug-likeness (QED) is 0.741. The SMILES string of the molecule is CCOC(=O)c1cccc(NC(=O)C2CCN(Cc3ccccc3C)CC2)c1C. The number of ether oxygens (including phenoxy) is 1. The van der Waals surface area contributed by atoms with Crippen molar-refractivity contribution in [3.8, 4) is 0 Å². The number of rotatable bonds is 6. The van der Waals surface area contributed by atoms with Crippen LogP contribution in [-0.4, -0.2) is 36.5 Å². The first-order valence-corrected chi connectivity index (χ1v) is 10.3. The highest BCUT2D eigenvalue weighted by atomic mass is 16.5. The molecular weight excluding hydrogens is 364 g/mol. The Hall–Kier alpha value is -2.66. The molecule has 0 spiro atoms. The van der Waals surface area contributed by atoms with Gasteiger partial charge in [0.15, 0.2) is 0 Å². The normalized spacial score (nSPS) is 15.1. The molecule has 0 saturated carbocycles. The number of benzene rings is 2. The largest absolute Gasteiger partial charge is 0.462 e. The second kappa shape index (κ2) is 9.70. The molecule has 2 aromatic rings. The lowest BCUT2D eigenvalue weighted by Gasteiger charge is -2.31. The molecule has 2 aromatic carbocycles. The van der Waals surface area contributed by atoms with Crippen LogP contribution in [0.5, 0.6) is 0 Å². The molecule has 154 valence electrons. The van der Waals surface area contributed by atoms with Gasteiger partial charge in [-0.3, -0.25) is 9.69 Å². The topological polar surface area (TPSA) is 58.6 Å². The van der Waals surface area contributed by atoms with Crippen molar-refractivity contribution >= 4 is 17.6 Å². The van der Waals surface area contributed by atoms with E-state index in [1.54, 1.807) is 19.1 Å². The van der Waals surface area contributed by atoms with Gasteiger partial charge in [-0.25, -0.2) is 4.79 Å². The third-order valence-corrected chi connectivity index (χ3v) is 5.70. The number of carbonyl (C=O) groups is 2. The van der Waals surface area contributed by atoms with Crippen molar-refractivity contribution in [3.05, 3.63) is 64.7 Å². The molecule has 1 heterocycles. The average Bonchev–Trinajstić information content (AvgIpc) is 2.72. The predicted octanol–water partition coefficient (Wildman–Crippen LogP) is 4.33. The van der Waals surface area contributed by atoms with Crippen molar-refractivity contribution in [2.75, 3.05) is 25.0 Å². The summed E-state index contributed by atoms with van der Waals surface area (Å²) in [6, 6.07) is 13.8. The molecule has 1 aliphatic rings. The smallest absolute Gasteiger partial charge is 0.338 e. The molecule has 0 unspecified atom stereocenters. The Bertz CT molecular complexity index is 870. The second-order valence-corrected chi connectivity index (χ2v) is 7.66. The molecule has 0 atom stereocenters. The average molecular weight is 395 g/mol. The van der Waals surface area contributed by atoms with Crippen LogP contribution < -0.4 is 5.32 Å². The summed E-state index contributed by atoms with van der Waals surface area (Å²) in [6.07, 6.45) is 1.68. The number of carbonyl (C=O) groups excluding carboxylic acids is 2. The van der Waals surface area contributed by atoms with Gasteiger partial charge in [0.05, 0.1) is 12.2 Å². The third kappa shape index (κ3) is 5.24. The molecule has 1 aliphatic heterocycles. The number of anilines is 1. The van der Waals surface area contributed by atoms with Crippen LogP contribution >= 0.6 is 0 Å². The number of hydrogen-bond donors (Lipinski definition) is 1. The maximum Gasteiger partial charge on any atom is 0.338 e. The van der Waals surface area contributed by atoms with Gasteiger partial charge in [0.1, 0.15) is 0 Å². The van der Waals surface area contributed by atoms with E-state index < -0.39 is 0 Å². The molecule has 0 aliphatic carbocycles. The highest BCUT2D eigenvalue weighted by Gasteiger charge is 2.26. The lowest BCUT2D eigenvalue weighted by atomic mass is 9.95. The first-order valence-electron chi connectivity index (χ1n) is 10.3. The van der Waals surface area contributed by atoms with Gasteiger partial charge in [0.25, 0.3) is 0 Å². The maximum atomic E-state index is 12.8. The molecule has 0 aromatic heterocycles. The standard InChI is InChI=1S/C24H30N2O3/c1-4-29-24(28)21-10-7-11-22(18(21)3)25-23(27)19-12-14-26(15-13-19)16-20-9-6-5-8-17(20)2/h5-11,19H,4,12-16H2,1-3H3,(H,25,27). The molecule has 29 heavy (non-hydrogen) atoms. The van der Waals surface area contributed by atoms with Gasteiger partial charge in [0, 0.05) is 18.2 Å². The maximum absolute atomic E-state index is 12.8. The summed E-state index contributed by atoms with van der Waals surface area (Å²) in [5, 5.41) is 3.03. The Balaban J connectivity index is 1.57. The molecule has 5 nitrogen and oxygen atoms in total. The van der Waals surface area contributed by atoms with Crippen molar-refractivity contribution in [2.45, 2.75) is 40.2 Å². The summed E-state index contributed by atoms with van der Waals surface area (Å²) in [5.41, 5.74) is 4.59. The van der Waals surface area contributed by atoms with E-state index in [1.165, 1.54) is 11.1 Å². The number of nitrogens with one attached hydrogen (secondary N) is 1. The molecular formula is C24H30N2O3. The number of esters is 1. The summed E-state index contributed by atoms with van der Waals surface area (Å²) in [6.45, 7) is 8.85. The molecule has 1 amide bonds. The number of hydrogen-bond acceptors (Lipinski definition) is 4. The van der Waals surface area contributed by atoms with E-state index in [0.29, 0.717) is 17.9 Å². The second-order valence-electron chi connectivity index (χ2n) is 7.66. The molecule has 3 rings (SSSR count). The Morgan fingerprint density at radius 3 is 2.48 bits per heavy atom. The number of amides is 1. The summed E-state index contributed by atoms with van der Waals surface area (Å²) >= 11 is 0. The minimum absolute atomic E-state index is 0.00577. The van der Waals surface area contributed by atoms with Gasteiger partial charge in [-0.05, 0) is 75.5 Å². The summed E-state index contributed by atoms with van der Waals surface area (Å²) in [5.74, 6) is -0.330. The zero-order valence-corrected chi connectivity index (χ0v) is 17.5. The molecule has 0 radical (unpaired) electrons. The fourth-order valence-electron chi connectivity index (χ4n) is 3.82. The highest BCUT2D eigenvalue weighted by molar-refractivity contribution is 5.97. The Morgan fingerprint density at radius 2 is 1.79 bits per heavy atom. The minimum atomic E-state index is -0.356. The summed E-state index contributed by atoms with van der Waals surface area (Å²) in [7, 11) is 0. The van der Waals surface area contributed by atoms with E-state index in [2.05, 4.69) is 41.4 Å². The van der Waals surface area contributed by atoms with Crippen molar-refractivity contribution in [1.29, 1.82) is 0 Å². The van der Waals surface area contributed by atoms with Crippen LogP contribution in [-0.2, 0) is 16.1 Å². The van der Waals surface area contributed by atoms with Crippen molar-refractivity contribution < 1.29 is 14.3 Å². The molecule has 1 fully saturated rings. The first-order chi connectivity index (χ1) is 14.0. The zero-order chi connectivity index (χ0) is 20.8. The van der Waals surface area contributed by atoms with E-state index in [9.17, 15) is 9.59 Å². The van der Waals surface area contributed by atoms with Gasteiger partial charge in [-0.1, -0.05) is 30.3 Å². The zero-order valence-electron chi connectivity index (χ0n) is 17.5. The van der Waals surface area contributed by atoms with Crippen LogP contribution in [0.3, 0.4) is 0 Å². The van der Waals surface area contributed by atoms with E-state index >= 15 is 0 Å². The van der Waals surface area contributed by atoms with Crippen molar-refractivity contribution in [2.24, 2.45) is 5.92 Å². The Kier molecular flexibility index (Phi) is 7.04. The number of likely N-dealkylation sites (tertiary alicyclic amines) is 1. The van der Waals surface area contributed by atoms with Gasteiger partial charge < -0.3 is 10.1 Å². The van der Waals surface area contributed by atoms with Crippen LogP contribution in [0.25, 0.3) is 0 Å². The molecule has 5 heteroatoms. The molecule has 0 bridgehead atoms. The Labute approximate surface area is 173 Å². The van der Waals surface area contributed by atoms with Crippen LogP contribution in [0.15, 0.2) is 42.5 Å². The highest BCUT2D eigenvalue weighted by Crippen LogP contribution is 2.24. The lowest BCUT2D eigenvalue weighted by molar-refractivity contribution is -0.121. The monoisotopic (exact) mass is 394 g/mol. The van der Waals surface area contributed by atoms with Gasteiger partial charge in [0.2, 0.25) is 5.91 Å². The summed E-state index contributed by atoms with van der Waals surface area (Å²) < 4.78 is 5.10. The van der Waals surface area contributed by atoms with E-state index in [0.717, 1.165) is 38.0 Å². The van der Waals surface area contributed by atoms with E-state index in [1.807, 2.05) is 13.0 Å². The fraction of sp³-hybridized carbons (Fsp3) is 0.417. The number of nitrogens with zero attached hydrogens (tertiary/aromatic N) is 1. The van der Waals surface area contributed by atoms with Crippen LogP contribution in [0, 0.1) is 19.8 Å². The van der Waals surface area contributed by atoms with Gasteiger partial charge in [-0.15, -0.1) is 0 Å². The lowest BCUT2D eigenvalue weighted by Crippen LogP contribution is -2.38. The number of piperidine rings is 1. The fourth-order valence-corrected chi connectivity index (χ4v) is 3.82. The van der Waals surface area contributed by atoms with Crippen LogP contribution in [0.4, 0.5) is 5.69 Å². The van der Waals surface area contributed by atoms with Gasteiger partial charge in [-0.2, -0.15) is 0 Å². The van der Waals surface area contributed by atoms with Crippen molar-refractivity contribution in [1.82, 2.24) is 4.90 Å². The molecule has 1 N–H and O–H groups in total. The van der Waals surface area contributed by atoms with E-state index in [4.69, 9.17) is 4.74 Å². The predicted molar refractivity (Wildman–Crippen MR) is 115 cm³/mol. The number of aryl methyl sites for hydroxylation is 1. The minimum Gasteiger partial charge on any atom is -0.462 e. The first kappa shape index (κ1) is 21.1. The van der Waals surface area contributed by atoms with Crippen LogP contribution in [0.2, 0.25) is 0 Å². The Morgan fingerprint density at radius 1 is 1.07 bits per heavy atom. The van der Waals surface area contributed by atoms with Gasteiger partial charge >= 0.3 is 5.97 Å². The summed E-state index contributed by atoms with van der Waals surface area (Å²) in [4.78, 5) is 27.3.